The molecular formula is C28H34N4O. The molecule has 1 amide bonds. The van der Waals surface area contributed by atoms with Crippen molar-refractivity contribution in [3.8, 4) is 0 Å². The molecule has 1 aliphatic rings. The number of carbonyl (C=O) groups excluding carboxylic acids is 1. The number of para-hydroxylation sites is 1. The number of nitrogens with one attached hydrogen (secondary N) is 1. The zero-order valence-electron chi connectivity index (χ0n) is 19.8. The van der Waals surface area contributed by atoms with E-state index in [-0.39, 0.29) is 11.3 Å². The lowest BCUT2D eigenvalue weighted by molar-refractivity contribution is 0.0928. The predicted molar refractivity (Wildman–Crippen MR) is 135 cm³/mol. The van der Waals surface area contributed by atoms with Crippen molar-refractivity contribution in [2.24, 2.45) is 0 Å². The Morgan fingerprint density at radius 1 is 1.21 bits per heavy atom. The number of hydrogen-bond acceptors (Lipinski definition) is 3. The summed E-state index contributed by atoms with van der Waals surface area (Å²) in [7, 11) is 1.98. The third-order valence-electron chi connectivity index (χ3n) is 6.93. The molecular weight excluding hydrogens is 408 g/mol. The van der Waals surface area contributed by atoms with Crippen LogP contribution in [-0.4, -0.2) is 34.0 Å². The Morgan fingerprint density at radius 3 is 2.73 bits per heavy atom. The summed E-state index contributed by atoms with van der Waals surface area (Å²) in [5, 5.41) is 4.35. The average Bonchev–Trinajstić information content (AvgIpc) is 3.22. The van der Waals surface area contributed by atoms with Crippen LogP contribution in [0.5, 0.6) is 0 Å². The van der Waals surface area contributed by atoms with Gasteiger partial charge in [-0.25, -0.2) is 0 Å². The Bertz CT molecular complexity index is 1140. The van der Waals surface area contributed by atoms with Crippen LogP contribution in [0.4, 0.5) is 0 Å². The van der Waals surface area contributed by atoms with Crippen LogP contribution in [0, 0.1) is 0 Å². The summed E-state index contributed by atoms with van der Waals surface area (Å²) in [5.74, 6) is -0.0403. The first-order valence-corrected chi connectivity index (χ1v) is 11.8. The van der Waals surface area contributed by atoms with Gasteiger partial charge >= 0.3 is 0 Å². The minimum atomic E-state index is -0.0469. The molecule has 2 heterocycles. The zero-order valence-corrected chi connectivity index (χ0v) is 19.8. The second-order valence-corrected chi connectivity index (χ2v) is 9.10. The first-order chi connectivity index (χ1) is 16.0. The lowest BCUT2D eigenvalue weighted by atomic mass is 9.70. The molecule has 0 atom stereocenters. The van der Waals surface area contributed by atoms with Gasteiger partial charge in [-0.1, -0.05) is 56.2 Å². The highest BCUT2D eigenvalue weighted by molar-refractivity contribution is 5.98. The van der Waals surface area contributed by atoms with E-state index in [0.29, 0.717) is 18.8 Å². The van der Waals surface area contributed by atoms with Gasteiger partial charge in [0.15, 0.2) is 0 Å². The lowest BCUT2D eigenvalue weighted by Gasteiger charge is -2.37. The highest BCUT2D eigenvalue weighted by Crippen LogP contribution is 2.38. The zero-order chi connectivity index (χ0) is 23.3. The SMILES string of the molecule is C=C(Cn1c(C(=O)NCC2(c3cccnc3)CCCCC2)cc2ccccc21)N(C)/C=C\C. The van der Waals surface area contributed by atoms with Crippen molar-refractivity contribution in [3.63, 3.8) is 0 Å². The van der Waals surface area contributed by atoms with Gasteiger partial charge in [0.05, 0.1) is 6.54 Å². The molecule has 0 bridgehead atoms. The fraction of sp³-hybridized carbons (Fsp3) is 0.357. The number of amides is 1. The van der Waals surface area contributed by atoms with Gasteiger partial charge in [0, 0.05) is 48.0 Å². The quantitative estimate of drug-likeness (QED) is 0.491. The minimum Gasteiger partial charge on any atom is -0.354 e. The molecule has 1 aliphatic carbocycles. The first-order valence-electron chi connectivity index (χ1n) is 11.8. The second kappa shape index (κ2) is 10.1. The molecule has 0 radical (unpaired) electrons. The molecule has 1 fully saturated rings. The summed E-state index contributed by atoms with van der Waals surface area (Å²) in [4.78, 5) is 19.9. The molecule has 0 unspecified atom stereocenters. The third-order valence-corrected chi connectivity index (χ3v) is 6.93. The molecule has 1 aromatic carbocycles. The van der Waals surface area contributed by atoms with Gasteiger partial charge in [-0.2, -0.15) is 0 Å². The average molecular weight is 443 g/mol. The number of carbonyl (C=O) groups is 1. The van der Waals surface area contributed by atoms with E-state index in [2.05, 4.69) is 39.6 Å². The number of fused-ring (bicyclic) bond motifs is 1. The minimum absolute atomic E-state index is 0.0403. The molecule has 0 spiro atoms. The number of likely N-dealkylation sites (N-methyl/N-ethyl adjacent to an activating group) is 1. The van der Waals surface area contributed by atoms with Gasteiger partial charge in [0.2, 0.25) is 0 Å². The summed E-state index contributed by atoms with van der Waals surface area (Å²) in [6, 6.07) is 14.3. The third kappa shape index (κ3) is 4.87. The standard InChI is InChI=1S/C28H34N4O/c1-4-17-31(3)22(2)20-32-25-13-7-6-11-23(25)18-26(32)27(33)30-21-28(14-8-5-9-15-28)24-12-10-16-29-19-24/h4,6-7,10-13,16-19H,2,5,8-9,14-15,20-21H2,1,3H3,(H,30,33)/b17-4-. The van der Waals surface area contributed by atoms with Crippen molar-refractivity contribution in [1.82, 2.24) is 19.8 Å². The maximum Gasteiger partial charge on any atom is 0.267 e. The van der Waals surface area contributed by atoms with E-state index in [4.69, 9.17) is 0 Å². The highest BCUT2D eigenvalue weighted by Gasteiger charge is 2.34. The highest BCUT2D eigenvalue weighted by atomic mass is 16.1. The van der Waals surface area contributed by atoms with Gasteiger partial charge in [-0.3, -0.25) is 9.78 Å². The van der Waals surface area contributed by atoms with E-state index in [9.17, 15) is 4.79 Å². The Labute approximate surface area is 196 Å². The summed E-state index contributed by atoms with van der Waals surface area (Å²) in [6.07, 6.45) is 13.5. The van der Waals surface area contributed by atoms with E-state index in [1.54, 1.807) is 0 Å². The van der Waals surface area contributed by atoms with Crippen LogP contribution in [0.25, 0.3) is 10.9 Å². The van der Waals surface area contributed by atoms with Gasteiger partial charge in [-0.15, -0.1) is 0 Å². The van der Waals surface area contributed by atoms with Crippen LogP contribution < -0.4 is 5.32 Å². The van der Waals surface area contributed by atoms with Crippen molar-refractivity contribution in [3.05, 3.63) is 90.7 Å². The number of aromatic nitrogens is 2. The van der Waals surface area contributed by atoms with Crippen molar-refractivity contribution < 1.29 is 4.79 Å². The van der Waals surface area contributed by atoms with Crippen LogP contribution >= 0.6 is 0 Å². The molecule has 4 rings (SSSR count). The van der Waals surface area contributed by atoms with Gasteiger partial charge < -0.3 is 14.8 Å². The summed E-state index contributed by atoms with van der Waals surface area (Å²) in [6.45, 7) is 7.39. The number of rotatable bonds is 8. The second-order valence-electron chi connectivity index (χ2n) is 9.10. The number of benzene rings is 1. The van der Waals surface area contributed by atoms with Gasteiger partial charge in [0.25, 0.3) is 5.91 Å². The summed E-state index contributed by atoms with van der Waals surface area (Å²) < 4.78 is 2.07. The number of hydrogen-bond donors (Lipinski definition) is 1. The molecule has 1 N–H and O–H groups in total. The predicted octanol–water partition coefficient (Wildman–Crippen LogP) is 5.65. The van der Waals surface area contributed by atoms with E-state index < -0.39 is 0 Å². The van der Waals surface area contributed by atoms with Crippen LogP contribution in [0.15, 0.2) is 79.4 Å². The van der Waals surface area contributed by atoms with Crippen molar-refractivity contribution >= 4 is 16.8 Å². The summed E-state index contributed by atoms with van der Waals surface area (Å²) in [5.41, 5.74) is 3.81. The summed E-state index contributed by atoms with van der Waals surface area (Å²) >= 11 is 0. The van der Waals surface area contributed by atoms with Crippen molar-refractivity contribution in [2.75, 3.05) is 13.6 Å². The molecule has 3 aromatic rings. The number of pyridine rings is 1. The molecule has 5 nitrogen and oxygen atoms in total. The fourth-order valence-electron chi connectivity index (χ4n) is 5.00. The van der Waals surface area contributed by atoms with Crippen LogP contribution in [0.3, 0.4) is 0 Å². The normalized spacial score (nSPS) is 15.6. The largest absolute Gasteiger partial charge is 0.354 e. The van der Waals surface area contributed by atoms with Crippen LogP contribution in [-0.2, 0) is 12.0 Å². The topological polar surface area (TPSA) is 50.2 Å². The maximum absolute atomic E-state index is 13.5. The smallest absolute Gasteiger partial charge is 0.267 e. The van der Waals surface area contributed by atoms with Crippen LogP contribution in [0.1, 0.15) is 55.1 Å². The first kappa shape index (κ1) is 22.8. The molecule has 1 saturated carbocycles. The van der Waals surface area contributed by atoms with Crippen LogP contribution in [0.2, 0.25) is 0 Å². The Balaban J connectivity index is 1.60. The monoisotopic (exact) mass is 442 g/mol. The van der Waals surface area contributed by atoms with Crippen molar-refractivity contribution in [1.29, 1.82) is 0 Å². The molecule has 5 heteroatoms. The molecule has 33 heavy (non-hydrogen) atoms. The fourth-order valence-corrected chi connectivity index (χ4v) is 5.00. The number of allylic oxidation sites excluding steroid dienone is 2. The van der Waals surface area contributed by atoms with E-state index in [1.165, 1.54) is 24.8 Å². The maximum atomic E-state index is 13.5. The molecule has 0 saturated heterocycles. The van der Waals surface area contributed by atoms with E-state index >= 15 is 0 Å². The van der Waals surface area contributed by atoms with Gasteiger partial charge in [0.1, 0.15) is 5.69 Å². The Morgan fingerprint density at radius 2 is 2.00 bits per heavy atom. The van der Waals surface area contributed by atoms with E-state index in [0.717, 1.165) is 29.4 Å². The van der Waals surface area contributed by atoms with Gasteiger partial charge in [-0.05, 0) is 49.7 Å². The molecule has 0 aliphatic heterocycles. The Kier molecular flexibility index (Phi) is 6.97. The molecule has 2 aromatic heterocycles. The molecule has 172 valence electrons. The Hall–Kier alpha value is -3.34. The lowest BCUT2D eigenvalue weighted by Crippen LogP contribution is -2.42. The van der Waals surface area contributed by atoms with E-state index in [1.807, 2.05) is 67.8 Å². The van der Waals surface area contributed by atoms with Crippen molar-refractivity contribution in [2.45, 2.75) is 51.0 Å². The number of nitrogens with zero attached hydrogens (tertiary/aromatic N) is 3.